The fourth-order valence-corrected chi connectivity index (χ4v) is 2.77. The van der Waals surface area contributed by atoms with Gasteiger partial charge in [0.2, 0.25) is 0 Å². The highest BCUT2D eigenvalue weighted by Gasteiger charge is 2.10. The first kappa shape index (κ1) is 14.8. The Morgan fingerprint density at radius 3 is 2.20 bits per heavy atom. The molecule has 2 aromatic rings. The number of benzene rings is 2. The minimum absolute atomic E-state index is 0.109. The van der Waals surface area contributed by atoms with Crippen LogP contribution in [0.5, 0.6) is 0 Å². The lowest BCUT2D eigenvalue weighted by Gasteiger charge is -2.12. The number of rotatable bonds is 3. The van der Waals surface area contributed by atoms with Crippen molar-refractivity contribution in [3.63, 3.8) is 0 Å². The van der Waals surface area contributed by atoms with Crippen molar-refractivity contribution in [3.8, 4) is 0 Å². The van der Waals surface area contributed by atoms with Gasteiger partial charge < -0.3 is 11.1 Å². The van der Waals surface area contributed by atoms with Crippen LogP contribution in [0.3, 0.4) is 0 Å². The summed E-state index contributed by atoms with van der Waals surface area (Å²) in [5.74, 6) is -0.109. The fraction of sp³-hybridized carbons (Fsp3) is 0.188. The van der Waals surface area contributed by atoms with Gasteiger partial charge >= 0.3 is 0 Å². The van der Waals surface area contributed by atoms with Gasteiger partial charge in [-0.15, -0.1) is 0 Å². The monoisotopic (exact) mass is 332 g/mol. The molecular weight excluding hydrogens is 316 g/mol. The van der Waals surface area contributed by atoms with Crippen LogP contribution in [0.4, 0.5) is 5.69 Å². The van der Waals surface area contributed by atoms with E-state index in [2.05, 4.69) is 21.2 Å². The molecule has 0 spiro atoms. The summed E-state index contributed by atoms with van der Waals surface area (Å²) in [5.41, 5.74) is 10.1. The summed E-state index contributed by atoms with van der Waals surface area (Å²) in [7, 11) is 0. The molecule has 0 saturated heterocycles. The Hall–Kier alpha value is -1.65. The normalized spacial score (nSPS) is 10.4. The van der Waals surface area contributed by atoms with E-state index in [9.17, 15) is 4.79 Å². The maximum absolute atomic E-state index is 12.2. The van der Waals surface area contributed by atoms with Crippen LogP contribution in [0.1, 0.15) is 27.0 Å². The molecule has 3 N–H and O–H groups in total. The van der Waals surface area contributed by atoms with Gasteiger partial charge in [-0.1, -0.05) is 28.1 Å². The van der Waals surface area contributed by atoms with Crippen molar-refractivity contribution >= 4 is 27.5 Å². The van der Waals surface area contributed by atoms with Crippen LogP contribution in [-0.4, -0.2) is 5.91 Å². The second-order valence-corrected chi connectivity index (χ2v) is 5.69. The molecule has 2 rings (SSSR count). The van der Waals surface area contributed by atoms with Crippen molar-refractivity contribution in [1.29, 1.82) is 0 Å². The first-order valence-corrected chi connectivity index (χ1v) is 7.17. The average Bonchev–Trinajstić information content (AvgIpc) is 2.42. The lowest BCUT2D eigenvalue weighted by Crippen LogP contribution is -2.14. The van der Waals surface area contributed by atoms with E-state index >= 15 is 0 Å². The molecule has 104 valence electrons. The molecule has 0 saturated carbocycles. The summed E-state index contributed by atoms with van der Waals surface area (Å²) in [5, 5.41) is 2.97. The molecule has 0 aliphatic rings. The molecule has 0 aliphatic carbocycles. The number of halogens is 1. The zero-order chi connectivity index (χ0) is 14.7. The quantitative estimate of drug-likeness (QED) is 0.898. The summed E-state index contributed by atoms with van der Waals surface area (Å²) >= 11 is 3.45. The predicted octanol–water partition coefficient (Wildman–Crippen LogP) is 3.78. The van der Waals surface area contributed by atoms with Crippen LogP contribution in [-0.2, 0) is 6.54 Å². The molecule has 1 amide bonds. The molecule has 0 aliphatic heterocycles. The van der Waals surface area contributed by atoms with E-state index in [4.69, 9.17) is 5.73 Å². The Balaban J connectivity index is 2.23. The minimum Gasteiger partial charge on any atom is -0.326 e. The van der Waals surface area contributed by atoms with Crippen molar-refractivity contribution in [2.75, 3.05) is 5.32 Å². The van der Waals surface area contributed by atoms with Crippen LogP contribution < -0.4 is 11.1 Å². The van der Waals surface area contributed by atoms with E-state index in [1.54, 1.807) is 12.1 Å². The van der Waals surface area contributed by atoms with Gasteiger partial charge in [0.1, 0.15) is 0 Å². The number of carbonyl (C=O) groups excluding carboxylic acids is 1. The summed E-state index contributed by atoms with van der Waals surface area (Å²) in [6.45, 7) is 4.43. The van der Waals surface area contributed by atoms with Crippen molar-refractivity contribution in [3.05, 3.63) is 63.1 Å². The van der Waals surface area contributed by atoms with Gasteiger partial charge in [-0.05, 0) is 54.8 Å². The second-order valence-electron chi connectivity index (χ2n) is 4.77. The van der Waals surface area contributed by atoms with Crippen molar-refractivity contribution in [1.82, 2.24) is 0 Å². The lowest BCUT2D eigenvalue weighted by molar-refractivity contribution is 0.102. The van der Waals surface area contributed by atoms with Crippen LogP contribution in [0.2, 0.25) is 0 Å². The zero-order valence-corrected chi connectivity index (χ0v) is 13.1. The standard InChI is InChI=1S/C16H17BrN2O/c1-10-7-14(17)8-11(2)15(10)19-16(20)13-5-3-12(9-18)4-6-13/h3-8H,9,18H2,1-2H3,(H,19,20). The Labute approximate surface area is 127 Å². The highest BCUT2D eigenvalue weighted by Crippen LogP contribution is 2.25. The molecule has 0 atom stereocenters. The zero-order valence-electron chi connectivity index (χ0n) is 11.5. The maximum Gasteiger partial charge on any atom is 0.255 e. The lowest BCUT2D eigenvalue weighted by atomic mass is 10.1. The Kier molecular flexibility index (Phi) is 4.57. The number of nitrogens with one attached hydrogen (secondary N) is 1. The topological polar surface area (TPSA) is 55.1 Å². The SMILES string of the molecule is Cc1cc(Br)cc(C)c1NC(=O)c1ccc(CN)cc1. The highest BCUT2D eigenvalue weighted by molar-refractivity contribution is 9.10. The summed E-state index contributed by atoms with van der Waals surface area (Å²) in [6, 6.07) is 11.3. The molecule has 0 radical (unpaired) electrons. The molecule has 0 unspecified atom stereocenters. The van der Waals surface area contributed by atoms with Gasteiger partial charge in [0, 0.05) is 22.3 Å². The van der Waals surface area contributed by atoms with Crippen LogP contribution in [0, 0.1) is 13.8 Å². The van der Waals surface area contributed by atoms with Gasteiger partial charge in [0.25, 0.3) is 5.91 Å². The van der Waals surface area contributed by atoms with Crippen molar-refractivity contribution in [2.24, 2.45) is 5.73 Å². The van der Waals surface area contributed by atoms with Gasteiger partial charge in [-0.2, -0.15) is 0 Å². The molecule has 0 fully saturated rings. The van der Waals surface area contributed by atoms with E-state index < -0.39 is 0 Å². The van der Waals surface area contributed by atoms with Crippen LogP contribution in [0.25, 0.3) is 0 Å². The molecular formula is C16H17BrN2O. The Morgan fingerprint density at radius 1 is 1.15 bits per heavy atom. The maximum atomic E-state index is 12.2. The third-order valence-corrected chi connectivity index (χ3v) is 3.65. The smallest absolute Gasteiger partial charge is 0.255 e. The van der Waals surface area contributed by atoms with Gasteiger partial charge in [-0.25, -0.2) is 0 Å². The molecule has 2 aromatic carbocycles. The van der Waals surface area contributed by atoms with Crippen molar-refractivity contribution in [2.45, 2.75) is 20.4 Å². The highest BCUT2D eigenvalue weighted by atomic mass is 79.9. The first-order chi connectivity index (χ1) is 9.51. The molecule has 0 heterocycles. The van der Waals surface area contributed by atoms with Crippen LogP contribution in [0.15, 0.2) is 40.9 Å². The predicted molar refractivity (Wildman–Crippen MR) is 85.9 cm³/mol. The minimum atomic E-state index is -0.109. The molecule has 4 heteroatoms. The number of hydrogen-bond acceptors (Lipinski definition) is 2. The average molecular weight is 333 g/mol. The fourth-order valence-electron chi connectivity index (χ4n) is 2.09. The number of anilines is 1. The van der Waals surface area contributed by atoms with Gasteiger partial charge in [0.15, 0.2) is 0 Å². The van der Waals surface area contributed by atoms with Gasteiger partial charge in [0.05, 0.1) is 0 Å². The number of carbonyl (C=O) groups is 1. The van der Waals surface area contributed by atoms with Gasteiger partial charge in [-0.3, -0.25) is 4.79 Å². The molecule has 0 bridgehead atoms. The Morgan fingerprint density at radius 2 is 1.70 bits per heavy atom. The van der Waals surface area contributed by atoms with E-state index in [1.807, 2.05) is 38.1 Å². The van der Waals surface area contributed by atoms with E-state index in [0.717, 1.165) is 26.9 Å². The second kappa shape index (κ2) is 6.20. The summed E-state index contributed by atoms with van der Waals surface area (Å²) < 4.78 is 1.01. The Bertz CT molecular complexity index is 612. The molecule has 0 aromatic heterocycles. The number of nitrogens with two attached hydrogens (primary N) is 1. The van der Waals surface area contributed by atoms with Crippen LogP contribution >= 0.6 is 15.9 Å². The van der Waals surface area contributed by atoms with E-state index in [1.165, 1.54) is 0 Å². The first-order valence-electron chi connectivity index (χ1n) is 6.38. The third kappa shape index (κ3) is 3.26. The number of hydrogen-bond donors (Lipinski definition) is 2. The summed E-state index contributed by atoms with van der Waals surface area (Å²) in [4.78, 5) is 12.2. The number of aryl methyl sites for hydroxylation is 2. The molecule has 3 nitrogen and oxygen atoms in total. The number of amides is 1. The van der Waals surface area contributed by atoms with E-state index in [0.29, 0.717) is 12.1 Å². The molecule has 20 heavy (non-hydrogen) atoms. The third-order valence-electron chi connectivity index (χ3n) is 3.19. The van der Waals surface area contributed by atoms with Crippen molar-refractivity contribution < 1.29 is 4.79 Å². The summed E-state index contributed by atoms with van der Waals surface area (Å²) in [6.07, 6.45) is 0. The van der Waals surface area contributed by atoms with E-state index in [-0.39, 0.29) is 5.91 Å². The largest absolute Gasteiger partial charge is 0.326 e.